The van der Waals surface area contributed by atoms with Crippen LogP contribution in [0.4, 0.5) is 0 Å². The van der Waals surface area contributed by atoms with Gasteiger partial charge < -0.3 is 25.0 Å². The molecule has 0 aromatic rings. The first-order valence-corrected chi connectivity index (χ1v) is 16.0. The van der Waals surface area contributed by atoms with Gasteiger partial charge in [0.1, 0.15) is 0 Å². The van der Waals surface area contributed by atoms with Crippen LogP contribution < -0.4 is 5.32 Å². The summed E-state index contributed by atoms with van der Waals surface area (Å²) in [6.45, 7) is 16.0. The van der Waals surface area contributed by atoms with Crippen LogP contribution in [0.5, 0.6) is 0 Å². The second kappa shape index (κ2) is 11.8. The molecule has 10 heteroatoms. The predicted molar refractivity (Wildman–Crippen MR) is 180 cm³/mol. The summed E-state index contributed by atoms with van der Waals surface area (Å²) in [5.41, 5.74) is 7.44. The number of aliphatic imine (C=N–C) groups is 3. The van der Waals surface area contributed by atoms with Gasteiger partial charge in [0.15, 0.2) is 5.76 Å². The van der Waals surface area contributed by atoms with E-state index in [1.165, 1.54) is 0 Å². The number of allylic oxidation sites excluding steroid dienone is 11. The summed E-state index contributed by atoms with van der Waals surface area (Å²) < 4.78 is 10.3. The fourth-order valence-corrected chi connectivity index (χ4v) is 7.31. The van der Waals surface area contributed by atoms with Crippen LogP contribution in [0.25, 0.3) is 0 Å². The number of aliphatic hydroxyl groups excluding tert-OH is 1. The van der Waals surface area contributed by atoms with Crippen molar-refractivity contribution in [2.45, 2.75) is 66.4 Å². The first-order valence-electron chi connectivity index (χ1n) is 16.0. The van der Waals surface area contributed by atoms with Crippen molar-refractivity contribution in [3.05, 3.63) is 104 Å². The van der Waals surface area contributed by atoms with E-state index < -0.39 is 17.3 Å². The highest BCUT2D eigenvalue weighted by Gasteiger charge is 2.59. The molecule has 244 valence electrons. The quantitative estimate of drug-likeness (QED) is 0.304. The average molecular weight is 637 g/mol. The van der Waals surface area contributed by atoms with Gasteiger partial charge in [0.05, 0.1) is 47.9 Å². The molecule has 0 radical (unpaired) electrons. The lowest BCUT2D eigenvalue weighted by atomic mass is 9.83. The highest BCUT2D eigenvalue weighted by atomic mass is 16.5. The van der Waals surface area contributed by atoms with Crippen molar-refractivity contribution in [1.29, 1.82) is 0 Å². The van der Waals surface area contributed by atoms with Gasteiger partial charge in [-0.1, -0.05) is 26.5 Å². The Labute approximate surface area is 274 Å². The topological polar surface area (TPSA) is 142 Å². The second-order valence-corrected chi connectivity index (χ2v) is 12.4. The number of methoxy groups -OCH3 is 1. The number of fused-ring (bicyclic) bond motifs is 5. The van der Waals surface area contributed by atoms with Gasteiger partial charge in [-0.25, -0.2) is 19.8 Å². The molecule has 0 unspecified atom stereocenters. The Morgan fingerprint density at radius 3 is 2.40 bits per heavy atom. The van der Waals surface area contributed by atoms with Crippen LogP contribution in [-0.2, 0) is 19.1 Å². The third kappa shape index (κ3) is 4.76. The van der Waals surface area contributed by atoms with Gasteiger partial charge in [-0.15, -0.1) is 0 Å². The van der Waals surface area contributed by atoms with Crippen LogP contribution >= 0.6 is 0 Å². The number of hydrogen-bond acceptors (Lipinski definition) is 10. The maximum atomic E-state index is 13.4. The van der Waals surface area contributed by atoms with Crippen molar-refractivity contribution < 1.29 is 29.3 Å². The van der Waals surface area contributed by atoms with Gasteiger partial charge >= 0.3 is 11.9 Å². The highest BCUT2D eigenvalue weighted by molar-refractivity contribution is 6.26. The van der Waals surface area contributed by atoms with Crippen LogP contribution in [0.1, 0.15) is 60.8 Å². The zero-order chi connectivity index (χ0) is 33.9. The molecule has 5 aliphatic heterocycles. The standard InChI is InChI=1S/C37H40N4O6/c1-9-21-17(4)24-14-26-19(6)23(12-13-30(42)47-11-3)33(40-26)32-34-31(35(43)37(32,45)36(44)46-8)20(7)27(41-34)16-29-22(10-2)18(5)25(39-29)15-28(21)38-24/h9,14-16,19,23,40,43,45H,1,10-13H2,2-8H3/t19-,23-,37-/m0/s1. The molecule has 6 aliphatic rings. The molecule has 1 saturated heterocycles. The van der Waals surface area contributed by atoms with Crippen LogP contribution in [0.2, 0.25) is 0 Å². The zero-order valence-corrected chi connectivity index (χ0v) is 27.9. The fourth-order valence-electron chi connectivity index (χ4n) is 7.31. The van der Waals surface area contributed by atoms with Crippen LogP contribution in [0, 0.1) is 11.8 Å². The number of ether oxygens (including phenoxy) is 2. The zero-order valence-electron chi connectivity index (χ0n) is 27.9. The lowest BCUT2D eigenvalue weighted by Gasteiger charge is -2.26. The molecular formula is C37H40N4O6. The van der Waals surface area contributed by atoms with Gasteiger partial charge in [0, 0.05) is 46.4 Å². The first kappa shape index (κ1) is 32.1. The van der Waals surface area contributed by atoms with E-state index >= 15 is 0 Å². The van der Waals surface area contributed by atoms with Crippen molar-refractivity contribution in [3.8, 4) is 0 Å². The Bertz CT molecular complexity index is 1900. The lowest BCUT2D eigenvalue weighted by Crippen LogP contribution is -2.44. The Balaban J connectivity index is 1.67. The number of hydrogen-bond donors (Lipinski definition) is 3. The van der Waals surface area contributed by atoms with Crippen molar-refractivity contribution in [3.63, 3.8) is 0 Å². The summed E-state index contributed by atoms with van der Waals surface area (Å²) in [7, 11) is 1.16. The molecule has 3 N–H and O–H groups in total. The van der Waals surface area contributed by atoms with Crippen molar-refractivity contribution in [1.82, 2.24) is 5.32 Å². The molecule has 10 nitrogen and oxygen atoms in total. The van der Waals surface area contributed by atoms with Crippen LogP contribution in [0.15, 0.2) is 119 Å². The number of nitrogens with one attached hydrogen (secondary N) is 1. The Kier molecular flexibility index (Phi) is 8.04. The van der Waals surface area contributed by atoms with Gasteiger partial charge in [-0.3, -0.25) is 4.79 Å². The smallest absolute Gasteiger partial charge is 0.350 e. The van der Waals surface area contributed by atoms with E-state index in [0.717, 1.165) is 64.3 Å². The molecule has 6 rings (SSSR count). The number of carbonyl (C=O) groups is 2. The molecule has 47 heavy (non-hydrogen) atoms. The molecule has 0 saturated carbocycles. The van der Waals surface area contributed by atoms with Crippen molar-refractivity contribution >= 4 is 29.1 Å². The third-order valence-electron chi connectivity index (χ3n) is 9.95. The Hall–Kier alpha value is -4.83. The Morgan fingerprint density at radius 2 is 1.74 bits per heavy atom. The minimum Gasteiger partial charge on any atom is -0.507 e. The second-order valence-electron chi connectivity index (χ2n) is 12.4. The molecule has 1 fully saturated rings. The number of esters is 2. The molecule has 0 spiro atoms. The summed E-state index contributed by atoms with van der Waals surface area (Å²) in [6.07, 6.45) is 8.81. The molecule has 5 heterocycles. The maximum absolute atomic E-state index is 13.4. The highest BCUT2D eigenvalue weighted by Crippen LogP contribution is 2.50. The molecule has 0 aromatic carbocycles. The number of nitrogens with zero attached hydrogens (tertiary/aromatic N) is 3. The van der Waals surface area contributed by atoms with E-state index in [2.05, 4.69) is 18.8 Å². The van der Waals surface area contributed by atoms with Gasteiger partial charge in [0.25, 0.3) is 0 Å². The van der Waals surface area contributed by atoms with Crippen LogP contribution in [-0.4, -0.2) is 58.6 Å². The summed E-state index contributed by atoms with van der Waals surface area (Å²) in [5.74, 6) is -2.53. The predicted octanol–water partition coefficient (Wildman–Crippen LogP) is 5.70. The van der Waals surface area contributed by atoms with Gasteiger partial charge in [0.2, 0.25) is 5.60 Å². The number of carbonyl (C=O) groups excluding carboxylic acids is 2. The minimum absolute atomic E-state index is 0.104. The summed E-state index contributed by atoms with van der Waals surface area (Å²) in [4.78, 5) is 40.9. The average Bonchev–Trinajstić information content (AvgIpc) is 3.76. The number of aliphatic hydroxyl groups is 2. The van der Waals surface area contributed by atoms with Crippen molar-refractivity contribution in [2.75, 3.05) is 13.7 Å². The lowest BCUT2D eigenvalue weighted by molar-refractivity contribution is -0.156. The summed E-state index contributed by atoms with van der Waals surface area (Å²) >= 11 is 0. The Morgan fingerprint density at radius 1 is 1.04 bits per heavy atom. The molecular weight excluding hydrogens is 596 g/mol. The van der Waals surface area contributed by atoms with E-state index in [1.54, 1.807) is 19.9 Å². The SMILES string of the molecule is C=CC1=C(C)C2=NC1=CC1=NC(=CC3=C(C)C4=C(O)[C@](O)(C(=O)OC)C(=C5NC(=C2)[C@@H](C)[C@@H]5CCC(=O)OCC)C4=N3)C(CC)=C1C. The van der Waals surface area contributed by atoms with Crippen LogP contribution in [0.3, 0.4) is 0 Å². The molecule has 0 aromatic heterocycles. The van der Waals surface area contributed by atoms with E-state index in [9.17, 15) is 19.8 Å². The van der Waals surface area contributed by atoms with E-state index in [4.69, 9.17) is 24.5 Å². The largest absolute Gasteiger partial charge is 0.507 e. The summed E-state index contributed by atoms with van der Waals surface area (Å²) in [5, 5.41) is 27.3. The molecule has 0 amide bonds. The molecule has 1 aliphatic carbocycles. The van der Waals surface area contributed by atoms with Gasteiger partial charge in [-0.05, 0) is 81.1 Å². The molecule has 3 atom stereocenters. The van der Waals surface area contributed by atoms with E-state index in [1.807, 2.05) is 39.0 Å². The summed E-state index contributed by atoms with van der Waals surface area (Å²) in [6, 6.07) is 0. The minimum atomic E-state index is -2.52. The van der Waals surface area contributed by atoms with Gasteiger partial charge in [-0.2, -0.15) is 0 Å². The fraction of sp³-hybridized carbons (Fsp3) is 0.378. The first-order chi connectivity index (χ1) is 22.4. The third-order valence-corrected chi connectivity index (χ3v) is 9.95. The number of rotatable bonds is 7. The monoisotopic (exact) mass is 636 g/mol. The normalized spacial score (nSPS) is 26.3. The van der Waals surface area contributed by atoms with E-state index in [-0.39, 0.29) is 47.7 Å². The maximum Gasteiger partial charge on any atom is 0.350 e. The van der Waals surface area contributed by atoms with E-state index in [0.29, 0.717) is 23.4 Å². The molecule has 8 bridgehead atoms. The van der Waals surface area contributed by atoms with Crippen molar-refractivity contribution in [2.24, 2.45) is 26.8 Å².